The lowest BCUT2D eigenvalue weighted by molar-refractivity contribution is -0.141. The SMILES string of the molecule is CC(C)[C@H](NS(=O)(=O)c1ccccc1F)C(=O)N1CCCC(C2OCCO2)C1. The molecule has 1 N–H and O–H groups in total. The quantitative estimate of drug-likeness (QED) is 0.767. The Bertz CT molecular complexity index is 795. The first-order valence-electron chi connectivity index (χ1n) is 9.58. The fourth-order valence-electron chi connectivity index (χ4n) is 3.64. The number of nitrogens with zero attached hydrogens (tertiary/aromatic N) is 1. The van der Waals surface area contributed by atoms with Gasteiger partial charge < -0.3 is 14.4 Å². The number of rotatable bonds is 6. The fourth-order valence-corrected chi connectivity index (χ4v) is 5.06. The second kappa shape index (κ2) is 8.86. The number of likely N-dealkylation sites (tertiary alicyclic amines) is 1. The van der Waals surface area contributed by atoms with Crippen LogP contribution in [-0.2, 0) is 24.3 Å². The summed E-state index contributed by atoms with van der Waals surface area (Å²) in [5, 5.41) is 0. The highest BCUT2D eigenvalue weighted by molar-refractivity contribution is 7.89. The van der Waals surface area contributed by atoms with Crippen molar-refractivity contribution < 1.29 is 27.1 Å². The lowest BCUT2D eigenvalue weighted by atomic mass is 9.95. The molecule has 1 aromatic carbocycles. The molecule has 2 aliphatic heterocycles. The van der Waals surface area contributed by atoms with Crippen LogP contribution in [0.25, 0.3) is 0 Å². The van der Waals surface area contributed by atoms with Crippen LogP contribution >= 0.6 is 0 Å². The van der Waals surface area contributed by atoms with E-state index >= 15 is 0 Å². The summed E-state index contributed by atoms with van der Waals surface area (Å²) in [6.07, 6.45) is 1.37. The van der Waals surface area contributed by atoms with E-state index in [1.807, 2.05) is 0 Å². The molecule has 1 unspecified atom stereocenters. The maximum absolute atomic E-state index is 14.0. The lowest BCUT2D eigenvalue weighted by Crippen LogP contribution is -2.54. The molecule has 2 atom stereocenters. The predicted molar refractivity (Wildman–Crippen MR) is 100 cm³/mol. The Balaban J connectivity index is 1.74. The van der Waals surface area contributed by atoms with E-state index in [1.54, 1.807) is 18.7 Å². The summed E-state index contributed by atoms with van der Waals surface area (Å²) in [6, 6.07) is 4.15. The highest BCUT2D eigenvalue weighted by Gasteiger charge is 2.37. The van der Waals surface area contributed by atoms with Crippen LogP contribution in [0.4, 0.5) is 4.39 Å². The van der Waals surface area contributed by atoms with Crippen LogP contribution in [0.1, 0.15) is 26.7 Å². The third-order valence-electron chi connectivity index (χ3n) is 5.14. The molecule has 7 nitrogen and oxygen atoms in total. The number of carbonyl (C=O) groups is 1. The van der Waals surface area contributed by atoms with Crippen LogP contribution in [0, 0.1) is 17.7 Å². The largest absolute Gasteiger partial charge is 0.350 e. The van der Waals surface area contributed by atoms with E-state index in [1.165, 1.54) is 18.2 Å². The third kappa shape index (κ3) is 4.71. The molecule has 2 heterocycles. The molecule has 28 heavy (non-hydrogen) atoms. The van der Waals surface area contributed by atoms with Gasteiger partial charge >= 0.3 is 0 Å². The molecule has 0 aliphatic carbocycles. The van der Waals surface area contributed by atoms with Crippen LogP contribution in [-0.4, -0.2) is 57.9 Å². The van der Waals surface area contributed by atoms with Crippen molar-refractivity contribution in [2.75, 3.05) is 26.3 Å². The molecule has 2 aliphatic rings. The van der Waals surface area contributed by atoms with Gasteiger partial charge in [-0.2, -0.15) is 4.72 Å². The van der Waals surface area contributed by atoms with E-state index < -0.39 is 26.8 Å². The van der Waals surface area contributed by atoms with Gasteiger partial charge in [-0.15, -0.1) is 0 Å². The maximum Gasteiger partial charge on any atom is 0.244 e. The van der Waals surface area contributed by atoms with E-state index in [4.69, 9.17) is 9.47 Å². The number of nitrogens with one attached hydrogen (secondary N) is 1. The van der Waals surface area contributed by atoms with Crippen molar-refractivity contribution >= 4 is 15.9 Å². The van der Waals surface area contributed by atoms with Crippen molar-refractivity contribution in [3.05, 3.63) is 30.1 Å². The van der Waals surface area contributed by atoms with Gasteiger partial charge in [0.2, 0.25) is 15.9 Å². The zero-order valence-corrected chi connectivity index (χ0v) is 17.0. The number of hydrogen-bond acceptors (Lipinski definition) is 5. The molecule has 2 fully saturated rings. The topological polar surface area (TPSA) is 84.9 Å². The number of ether oxygens (including phenoxy) is 2. The van der Waals surface area contributed by atoms with Crippen molar-refractivity contribution in [1.29, 1.82) is 0 Å². The highest BCUT2D eigenvalue weighted by atomic mass is 32.2. The summed E-state index contributed by atoms with van der Waals surface area (Å²) in [6.45, 7) is 5.62. The van der Waals surface area contributed by atoms with Gasteiger partial charge in [-0.3, -0.25) is 4.79 Å². The number of hydrogen-bond donors (Lipinski definition) is 1. The van der Waals surface area contributed by atoms with E-state index in [9.17, 15) is 17.6 Å². The Morgan fingerprint density at radius 1 is 1.25 bits per heavy atom. The van der Waals surface area contributed by atoms with Crippen LogP contribution in [0.5, 0.6) is 0 Å². The highest BCUT2D eigenvalue weighted by Crippen LogP contribution is 2.26. The molecule has 0 aromatic heterocycles. The van der Waals surface area contributed by atoms with Gasteiger partial charge in [0, 0.05) is 19.0 Å². The minimum absolute atomic E-state index is 0.0659. The molecule has 3 rings (SSSR count). The summed E-state index contributed by atoms with van der Waals surface area (Å²) in [4.78, 5) is 14.3. The van der Waals surface area contributed by atoms with Crippen LogP contribution < -0.4 is 4.72 Å². The number of halogens is 1. The van der Waals surface area contributed by atoms with Crippen molar-refractivity contribution in [2.45, 2.75) is 43.9 Å². The summed E-state index contributed by atoms with van der Waals surface area (Å²) in [5.74, 6) is -1.39. The summed E-state index contributed by atoms with van der Waals surface area (Å²) >= 11 is 0. The monoisotopic (exact) mass is 414 g/mol. The number of sulfonamides is 1. The smallest absolute Gasteiger partial charge is 0.244 e. The summed E-state index contributed by atoms with van der Waals surface area (Å²) < 4.78 is 52.9. The molecule has 0 saturated carbocycles. The predicted octanol–water partition coefficient (Wildman–Crippen LogP) is 1.74. The zero-order chi connectivity index (χ0) is 20.3. The first-order valence-corrected chi connectivity index (χ1v) is 11.1. The molecule has 0 spiro atoms. The van der Waals surface area contributed by atoms with Crippen LogP contribution in [0.15, 0.2) is 29.2 Å². The second-order valence-corrected chi connectivity index (χ2v) is 9.25. The second-order valence-electron chi connectivity index (χ2n) is 7.57. The first-order chi connectivity index (χ1) is 13.3. The average molecular weight is 414 g/mol. The molecular weight excluding hydrogens is 387 g/mol. The first kappa shape index (κ1) is 21.2. The number of amides is 1. The molecule has 9 heteroatoms. The lowest BCUT2D eigenvalue weighted by Gasteiger charge is -2.37. The Hall–Kier alpha value is -1.55. The molecular formula is C19H27FN2O5S. The normalized spacial score (nSPS) is 22.6. The van der Waals surface area contributed by atoms with E-state index in [0.29, 0.717) is 26.3 Å². The standard InChI is InChI=1S/C19H27FN2O5S/c1-13(2)17(21-28(24,25)16-8-4-3-7-15(16)20)18(23)22-9-5-6-14(12-22)19-26-10-11-27-19/h3-4,7-8,13-14,17,19,21H,5-6,9-12H2,1-2H3/t14?,17-/m0/s1. The van der Waals surface area contributed by atoms with Gasteiger partial charge in [0.1, 0.15) is 16.8 Å². The van der Waals surface area contributed by atoms with E-state index in [2.05, 4.69) is 4.72 Å². The molecule has 0 bridgehead atoms. The summed E-state index contributed by atoms with van der Waals surface area (Å²) in [7, 11) is -4.17. The van der Waals surface area contributed by atoms with Gasteiger partial charge in [0.05, 0.1) is 13.2 Å². The number of benzene rings is 1. The third-order valence-corrected chi connectivity index (χ3v) is 6.62. The van der Waals surface area contributed by atoms with Gasteiger partial charge in [0.15, 0.2) is 6.29 Å². The fraction of sp³-hybridized carbons (Fsp3) is 0.632. The van der Waals surface area contributed by atoms with Crippen molar-refractivity contribution in [1.82, 2.24) is 9.62 Å². The van der Waals surface area contributed by atoms with Crippen LogP contribution in [0.3, 0.4) is 0 Å². The summed E-state index contributed by atoms with van der Waals surface area (Å²) in [5.41, 5.74) is 0. The van der Waals surface area contributed by atoms with Crippen molar-refractivity contribution in [2.24, 2.45) is 11.8 Å². The molecule has 2 saturated heterocycles. The Morgan fingerprint density at radius 2 is 1.93 bits per heavy atom. The average Bonchev–Trinajstić information content (AvgIpc) is 3.20. The molecule has 156 valence electrons. The Morgan fingerprint density at radius 3 is 2.57 bits per heavy atom. The van der Waals surface area contributed by atoms with Crippen molar-refractivity contribution in [3.8, 4) is 0 Å². The van der Waals surface area contributed by atoms with Gasteiger partial charge in [-0.1, -0.05) is 26.0 Å². The minimum Gasteiger partial charge on any atom is -0.350 e. The van der Waals surface area contributed by atoms with Gasteiger partial charge in [0.25, 0.3) is 0 Å². The van der Waals surface area contributed by atoms with Crippen LogP contribution in [0.2, 0.25) is 0 Å². The molecule has 1 amide bonds. The number of carbonyl (C=O) groups excluding carboxylic acids is 1. The Labute approximate surface area is 165 Å². The van der Waals surface area contributed by atoms with E-state index in [0.717, 1.165) is 18.9 Å². The van der Waals surface area contributed by atoms with Gasteiger partial charge in [-0.25, -0.2) is 12.8 Å². The van der Waals surface area contributed by atoms with Gasteiger partial charge in [-0.05, 0) is 30.9 Å². The Kier molecular flexibility index (Phi) is 6.69. The minimum atomic E-state index is -4.17. The molecule has 0 radical (unpaired) electrons. The van der Waals surface area contributed by atoms with Crippen molar-refractivity contribution in [3.63, 3.8) is 0 Å². The molecule has 1 aromatic rings. The zero-order valence-electron chi connectivity index (χ0n) is 16.1. The number of piperidine rings is 1. The van der Waals surface area contributed by atoms with E-state index in [-0.39, 0.29) is 24.0 Å². The maximum atomic E-state index is 14.0.